The fraction of sp³-hybridized carbons (Fsp3) is 0.333. The second-order valence-corrected chi connectivity index (χ2v) is 5.63. The number of hydrazine groups is 2. The SMILES string of the molecule is Cc1cc2c(cn1)NNC2CN1NCc2cnc(C)cc21. The summed E-state index contributed by atoms with van der Waals surface area (Å²) in [6, 6.07) is 4.51. The molecule has 1 atom stereocenters. The molecule has 2 aliphatic heterocycles. The van der Waals surface area contributed by atoms with Crippen LogP contribution >= 0.6 is 0 Å². The van der Waals surface area contributed by atoms with E-state index in [-0.39, 0.29) is 6.04 Å². The molecule has 0 saturated carbocycles. The van der Waals surface area contributed by atoms with Crippen molar-refractivity contribution >= 4 is 11.4 Å². The predicted octanol–water partition coefficient (Wildman–Crippen LogP) is 1.59. The Hall–Kier alpha value is -2.18. The van der Waals surface area contributed by atoms with E-state index in [4.69, 9.17) is 0 Å². The van der Waals surface area contributed by atoms with E-state index in [1.165, 1.54) is 16.8 Å². The van der Waals surface area contributed by atoms with Crippen molar-refractivity contribution < 1.29 is 0 Å². The Bertz CT molecular complexity index is 639. The van der Waals surface area contributed by atoms with Gasteiger partial charge in [0.1, 0.15) is 0 Å². The van der Waals surface area contributed by atoms with Gasteiger partial charge < -0.3 is 10.4 Å². The summed E-state index contributed by atoms with van der Waals surface area (Å²) in [7, 11) is 0. The summed E-state index contributed by atoms with van der Waals surface area (Å²) in [5, 5.41) is 2.20. The highest BCUT2D eigenvalue weighted by Gasteiger charge is 2.27. The van der Waals surface area contributed by atoms with E-state index >= 15 is 0 Å². The molecule has 108 valence electrons. The summed E-state index contributed by atoms with van der Waals surface area (Å²) in [4.78, 5) is 8.69. The van der Waals surface area contributed by atoms with Gasteiger partial charge in [-0.25, -0.2) is 10.9 Å². The second kappa shape index (κ2) is 4.68. The van der Waals surface area contributed by atoms with Gasteiger partial charge >= 0.3 is 0 Å². The third kappa shape index (κ3) is 2.12. The van der Waals surface area contributed by atoms with Gasteiger partial charge in [-0.05, 0) is 26.0 Å². The van der Waals surface area contributed by atoms with Crippen LogP contribution in [-0.4, -0.2) is 16.5 Å². The van der Waals surface area contributed by atoms with Crippen LogP contribution in [0.5, 0.6) is 0 Å². The van der Waals surface area contributed by atoms with Crippen molar-refractivity contribution in [3.63, 3.8) is 0 Å². The van der Waals surface area contributed by atoms with Crippen LogP contribution in [-0.2, 0) is 6.54 Å². The van der Waals surface area contributed by atoms with Crippen LogP contribution < -0.4 is 21.3 Å². The molecule has 0 bridgehead atoms. The predicted molar refractivity (Wildman–Crippen MR) is 81.6 cm³/mol. The van der Waals surface area contributed by atoms with Crippen molar-refractivity contribution in [2.45, 2.75) is 26.4 Å². The van der Waals surface area contributed by atoms with Crippen molar-refractivity contribution in [1.29, 1.82) is 0 Å². The highest BCUT2D eigenvalue weighted by Crippen LogP contribution is 2.32. The summed E-state index contributed by atoms with van der Waals surface area (Å²) in [6.45, 7) is 5.73. The zero-order valence-electron chi connectivity index (χ0n) is 12.1. The molecule has 1 unspecified atom stereocenters. The minimum Gasteiger partial charge on any atom is -0.319 e. The zero-order chi connectivity index (χ0) is 14.4. The molecular formula is C15H18N6. The van der Waals surface area contributed by atoms with E-state index in [2.05, 4.69) is 43.4 Å². The molecule has 4 rings (SSSR count). The first kappa shape index (κ1) is 12.6. The van der Waals surface area contributed by atoms with Gasteiger partial charge in [0, 0.05) is 35.3 Å². The lowest BCUT2D eigenvalue weighted by Gasteiger charge is -2.23. The van der Waals surface area contributed by atoms with Crippen molar-refractivity contribution in [3.05, 3.63) is 47.0 Å². The molecule has 0 aliphatic carbocycles. The van der Waals surface area contributed by atoms with E-state index in [1.54, 1.807) is 0 Å². The molecule has 0 spiro atoms. The average Bonchev–Trinajstić information content (AvgIpc) is 3.04. The Morgan fingerprint density at radius 2 is 2.00 bits per heavy atom. The summed E-state index contributed by atoms with van der Waals surface area (Å²) in [5.74, 6) is 0. The maximum absolute atomic E-state index is 4.36. The number of fused-ring (bicyclic) bond motifs is 2. The first-order valence-electron chi connectivity index (χ1n) is 7.15. The van der Waals surface area contributed by atoms with Crippen LogP contribution in [0.3, 0.4) is 0 Å². The Labute approximate surface area is 123 Å². The highest BCUT2D eigenvalue weighted by atomic mass is 15.5. The van der Waals surface area contributed by atoms with Crippen LogP contribution in [0.1, 0.15) is 28.6 Å². The molecule has 0 saturated heterocycles. The third-order valence-electron chi connectivity index (χ3n) is 4.04. The first-order valence-corrected chi connectivity index (χ1v) is 7.15. The molecule has 0 radical (unpaired) electrons. The molecule has 2 aromatic rings. The largest absolute Gasteiger partial charge is 0.319 e. The fourth-order valence-electron chi connectivity index (χ4n) is 2.93. The van der Waals surface area contributed by atoms with Crippen LogP contribution in [0, 0.1) is 13.8 Å². The average molecular weight is 282 g/mol. The quantitative estimate of drug-likeness (QED) is 0.777. The molecule has 0 fully saturated rings. The molecule has 0 aromatic carbocycles. The van der Waals surface area contributed by atoms with E-state index in [0.717, 1.165) is 30.2 Å². The fourth-order valence-corrected chi connectivity index (χ4v) is 2.93. The Balaban J connectivity index is 1.60. The molecule has 0 amide bonds. The number of rotatable bonds is 2. The lowest BCUT2D eigenvalue weighted by molar-refractivity contribution is 0.557. The lowest BCUT2D eigenvalue weighted by atomic mass is 10.1. The van der Waals surface area contributed by atoms with Gasteiger partial charge in [0.25, 0.3) is 0 Å². The molecule has 4 heterocycles. The maximum Gasteiger partial charge on any atom is 0.0722 e. The number of aromatic nitrogens is 2. The smallest absolute Gasteiger partial charge is 0.0722 e. The van der Waals surface area contributed by atoms with Gasteiger partial charge in [0.15, 0.2) is 0 Å². The van der Waals surface area contributed by atoms with Crippen LogP contribution in [0.4, 0.5) is 11.4 Å². The van der Waals surface area contributed by atoms with Gasteiger partial charge in [-0.1, -0.05) is 0 Å². The maximum atomic E-state index is 4.36. The molecule has 3 N–H and O–H groups in total. The molecule has 21 heavy (non-hydrogen) atoms. The molecule has 2 aromatic heterocycles. The van der Waals surface area contributed by atoms with E-state index in [9.17, 15) is 0 Å². The van der Waals surface area contributed by atoms with Crippen molar-refractivity contribution in [3.8, 4) is 0 Å². The van der Waals surface area contributed by atoms with Crippen molar-refractivity contribution in [1.82, 2.24) is 20.8 Å². The monoisotopic (exact) mass is 282 g/mol. The summed E-state index contributed by atoms with van der Waals surface area (Å²) < 4.78 is 0. The summed E-state index contributed by atoms with van der Waals surface area (Å²) >= 11 is 0. The van der Waals surface area contributed by atoms with Crippen molar-refractivity contribution in [2.75, 3.05) is 17.0 Å². The van der Waals surface area contributed by atoms with Crippen LogP contribution in [0.25, 0.3) is 0 Å². The minimum absolute atomic E-state index is 0.230. The van der Waals surface area contributed by atoms with E-state index in [0.29, 0.717) is 0 Å². The molecule has 6 heteroatoms. The minimum atomic E-state index is 0.230. The number of anilines is 2. The first-order chi connectivity index (χ1) is 10.2. The van der Waals surface area contributed by atoms with Crippen molar-refractivity contribution in [2.24, 2.45) is 0 Å². The highest BCUT2D eigenvalue weighted by molar-refractivity contribution is 5.59. The third-order valence-corrected chi connectivity index (χ3v) is 4.04. The number of pyridine rings is 2. The van der Waals surface area contributed by atoms with Gasteiger partial charge in [-0.15, -0.1) is 0 Å². The standard InChI is InChI=1S/C15H18N6/c1-9-3-12-13(7-17-9)19-20-14(12)8-21-15-4-10(2)16-5-11(15)6-18-21/h3-5,7,14,18-20H,6,8H2,1-2H3. The Morgan fingerprint density at radius 1 is 1.19 bits per heavy atom. The number of hydrogen-bond acceptors (Lipinski definition) is 6. The summed E-state index contributed by atoms with van der Waals surface area (Å²) in [6.07, 6.45) is 3.84. The van der Waals surface area contributed by atoms with Gasteiger partial charge in [-0.2, -0.15) is 0 Å². The van der Waals surface area contributed by atoms with E-state index in [1.807, 2.05) is 26.2 Å². The van der Waals surface area contributed by atoms with Gasteiger partial charge in [-0.3, -0.25) is 9.97 Å². The number of hydrogen-bond donors (Lipinski definition) is 3. The lowest BCUT2D eigenvalue weighted by Crippen LogP contribution is -2.39. The Kier molecular flexibility index (Phi) is 2.80. The number of aryl methyl sites for hydroxylation is 2. The molecular weight excluding hydrogens is 264 g/mol. The topological polar surface area (TPSA) is 65.1 Å². The van der Waals surface area contributed by atoms with Crippen LogP contribution in [0.15, 0.2) is 24.5 Å². The Morgan fingerprint density at radius 3 is 2.90 bits per heavy atom. The number of nitrogens with zero attached hydrogens (tertiary/aromatic N) is 3. The zero-order valence-corrected chi connectivity index (χ0v) is 12.1. The molecule has 2 aliphatic rings. The molecule has 6 nitrogen and oxygen atoms in total. The van der Waals surface area contributed by atoms with Gasteiger partial charge in [0.05, 0.1) is 30.2 Å². The van der Waals surface area contributed by atoms with Crippen LogP contribution in [0.2, 0.25) is 0 Å². The normalized spacial score (nSPS) is 19.3. The van der Waals surface area contributed by atoms with Gasteiger partial charge in [0.2, 0.25) is 0 Å². The van der Waals surface area contributed by atoms with E-state index < -0.39 is 0 Å². The second-order valence-electron chi connectivity index (χ2n) is 5.63. The number of nitrogens with one attached hydrogen (secondary N) is 3. The summed E-state index contributed by atoms with van der Waals surface area (Å²) in [5.41, 5.74) is 16.9.